The van der Waals surface area contributed by atoms with E-state index >= 15 is 0 Å². The predicted octanol–water partition coefficient (Wildman–Crippen LogP) is 3.86. The molecule has 7 heteroatoms. The Kier molecular flexibility index (Phi) is 5.62. The predicted molar refractivity (Wildman–Crippen MR) is 86.8 cm³/mol. The molecule has 0 bridgehead atoms. The minimum atomic E-state index is -1.19. The van der Waals surface area contributed by atoms with E-state index in [1.807, 2.05) is 0 Å². The van der Waals surface area contributed by atoms with Crippen LogP contribution in [0.5, 0.6) is 0 Å². The van der Waals surface area contributed by atoms with Crippen molar-refractivity contribution in [1.82, 2.24) is 0 Å². The maximum absolute atomic E-state index is 12.8. The number of nitrogens with zero attached hydrogens (tertiary/aromatic N) is 1. The lowest BCUT2D eigenvalue weighted by Crippen LogP contribution is -2.11. The molecule has 0 radical (unpaired) electrons. The van der Waals surface area contributed by atoms with Gasteiger partial charge in [-0.15, -0.1) is 0 Å². The fourth-order valence-electron chi connectivity index (χ4n) is 2.00. The van der Waals surface area contributed by atoms with Gasteiger partial charge in [-0.2, -0.15) is 0 Å². The number of nitrogens with one attached hydrogen (secondary N) is 1. The Bertz CT molecular complexity index is 759. The summed E-state index contributed by atoms with van der Waals surface area (Å²) in [5.41, 5.74) is 1.23. The number of benzene rings is 2. The number of rotatable bonds is 6. The summed E-state index contributed by atoms with van der Waals surface area (Å²) >= 11 is 0. The number of para-hydroxylation sites is 1. The molecular formula is C17H15FN2O4. The van der Waals surface area contributed by atoms with Gasteiger partial charge in [0.2, 0.25) is 5.78 Å². The minimum Gasteiger partial charge on any atom is -0.465 e. The fourth-order valence-corrected chi connectivity index (χ4v) is 2.00. The molecule has 0 saturated heterocycles. The highest BCUT2D eigenvalue weighted by Crippen LogP contribution is 2.25. The summed E-state index contributed by atoms with van der Waals surface area (Å²) in [6.07, 6.45) is -0.785. The summed E-state index contributed by atoms with van der Waals surface area (Å²) in [4.78, 5) is 27.8. The summed E-state index contributed by atoms with van der Waals surface area (Å²) in [6, 6.07) is 11.7. The van der Waals surface area contributed by atoms with Crippen LogP contribution in [-0.4, -0.2) is 23.2 Å². The van der Waals surface area contributed by atoms with Gasteiger partial charge in [0.25, 0.3) is 0 Å². The van der Waals surface area contributed by atoms with E-state index in [0.717, 1.165) is 6.21 Å². The Morgan fingerprint density at radius 1 is 1.21 bits per heavy atom. The number of Topliss-reactive ketones (excluding diaryl/α,β-unsaturated/α-hetero) is 1. The molecule has 2 N–H and O–H groups in total. The molecule has 0 aliphatic heterocycles. The Hall–Kier alpha value is -3.22. The molecule has 1 unspecified atom stereocenters. The van der Waals surface area contributed by atoms with Crippen LogP contribution in [0.15, 0.2) is 53.7 Å². The number of oxime groups is 1. The van der Waals surface area contributed by atoms with Gasteiger partial charge in [-0.3, -0.25) is 10.1 Å². The first-order valence-electron chi connectivity index (χ1n) is 7.05. The van der Waals surface area contributed by atoms with Crippen molar-refractivity contribution in [3.05, 3.63) is 65.5 Å². The summed E-state index contributed by atoms with van der Waals surface area (Å²) in [7, 11) is 0. The summed E-state index contributed by atoms with van der Waals surface area (Å²) in [5.74, 6) is -0.866. The molecule has 0 aliphatic carbocycles. The van der Waals surface area contributed by atoms with E-state index in [1.165, 1.54) is 24.3 Å². The van der Waals surface area contributed by atoms with Crippen LogP contribution in [0.1, 0.15) is 28.9 Å². The van der Waals surface area contributed by atoms with E-state index in [1.54, 1.807) is 31.2 Å². The summed E-state index contributed by atoms with van der Waals surface area (Å²) in [6.45, 7) is 1.67. The van der Waals surface area contributed by atoms with Gasteiger partial charge in [0, 0.05) is 11.1 Å². The lowest BCUT2D eigenvalue weighted by atomic mass is 10.1. The zero-order chi connectivity index (χ0) is 17.5. The number of hydrogen-bond acceptors (Lipinski definition) is 4. The van der Waals surface area contributed by atoms with Crippen molar-refractivity contribution >= 4 is 23.8 Å². The zero-order valence-electron chi connectivity index (χ0n) is 12.8. The molecule has 24 heavy (non-hydrogen) atoms. The van der Waals surface area contributed by atoms with Gasteiger partial charge in [0.05, 0.1) is 5.69 Å². The Morgan fingerprint density at radius 2 is 1.88 bits per heavy atom. The number of hydrogen-bond donors (Lipinski definition) is 2. The Morgan fingerprint density at radius 3 is 2.54 bits per heavy atom. The van der Waals surface area contributed by atoms with E-state index in [9.17, 15) is 14.0 Å². The Labute approximate surface area is 137 Å². The molecule has 2 rings (SSSR count). The second-order valence-electron chi connectivity index (χ2n) is 4.87. The molecule has 0 saturated carbocycles. The monoisotopic (exact) mass is 330 g/mol. The van der Waals surface area contributed by atoms with Crippen molar-refractivity contribution in [3.8, 4) is 0 Å². The molecule has 1 amide bonds. The first-order valence-corrected chi connectivity index (χ1v) is 7.05. The van der Waals surface area contributed by atoms with Gasteiger partial charge in [0.15, 0.2) is 6.10 Å². The van der Waals surface area contributed by atoms with Crippen molar-refractivity contribution in [1.29, 1.82) is 0 Å². The second kappa shape index (κ2) is 7.87. The molecule has 0 fully saturated rings. The SMILES string of the molecule is CC(ON=CC(=O)c1ccc(F)cc1)c1ccccc1NC(=O)O. The summed E-state index contributed by atoms with van der Waals surface area (Å²) in [5, 5.41) is 14.7. The Balaban J connectivity index is 2.02. The third-order valence-corrected chi connectivity index (χ3v) is 3.16. The van der Waals surface area contributed by atoms with E-state index in [-0.39, 0.29) is 5.56 Å². The van der Waals surface area contributed by atoms with Crippen molar-refractivity contribution < 1.29 is 23.9 Å². The van der Waals surface area contributed by atoms with Crippen LogP contribution in [0.25, 0.3) is 0 Å². The standard InChI is InChI=1S/C17H15FN2O4/c1-11(14-4-2-3-5-15(14)20-17(22)23)24-19-10-16(21)12-6-8-13(18)9-7-12/h2-11,20H,1H3,(H,22,23). The molecule has 2 aromatic rings. The highest BCUT2D eigenvalue weighted by molar-refractivity contribution is 6.35. The number of carbonyl (C=O) groups excluding carboxylic acids is 1. The maximum Gasteiger partial charge on any atom is 0.409 e. The van der Waals surface area contributed by atoms with Gasteiger partial charge in [0.1, 0.15) is 12.0 Å². The number of carbonyl (C=O) groups is 2. The topological polar surface area (TPSA) is 88.0 Å². The number of anilines is 1. The molecule has 0 spiro atoms. The molecule has 6 nitrogen and oxygen atoms in total. The molecular weight excluding hydrogens is 315 g/mol. The average Bonchev–Trinajstić information content (AvgIpc) is 2.55. The van der Waals surface area contributed by atoms with Gasteiger partial charge in [-0.25, -0.2) is 9.18 Å². The first-order chi connectivity index (χ1) is 11.5. The highest BCUT2D eigenvalue weighted by Gasteiger charge is 2.13. The smallest absolute Gasteiger partial charge is 0.409 e. The van der Waals surface area contributed by atoms with E-state index in [2.05, 4.69) is 10.5 Å². The third kappa shape index (κ3) is 4.64. The largest absolute Gasteiger partial charge is 0.465 e. The molecule has 0 aromatic heterocycles. The van der Waals surface area contributed by atoms with Crippen molar-refractivity contribution in [3.63, 3.8) is 0 Å². The van der Waals surface area contributed by atoms with Crippen LogP contribution >= 0.6 is 0 Å². The van der Waals surface area contributed by atoms with Gasteiger partial charge in [-0.05, 0) is 37.3 Å². The molecule has 124 valence electrons. The quantitative estimate of drug-likeness (QED) is 0.478. The molecule has 0 aliphatic rings. The molecule has 1 atom stereocenters. The van der Waals surface area contributed by atoms with Gasteiger partial charge >= 0.3 is 6.09 Å². The molecule has 0 heterocycles. The number of halogens is 1. The lowest BCUT2D eigenvalue weighted by Gasteiger charge is -2.14. The van der Waals surface area contributed by atoms with Crippen molar-refractivity contribution in [2.45, 2.75) is 13.0 Å². The van der Waals surface area contributed by atoms with E-state index < -0.39 is 23.8 Å². The summed E-state index contributed by atoms with van der Waals surface area (Å²) < 4.78 is 12.8. The fraction of sp³-hybridized carbons (Fsp3) is 0.118. The van der Waals surface area contributed by atoms with Gasteiger partial charge < -0.3 is 9.94 Å². The van der Waals surface area contributed by atoms with Crippen LogP contribution in [0, 0.1) is 5.82 Å². The van der Waals surface area contributed by atoms with E-state index in [4.69, 9.17) is 9.94 Å². The number of amides is 1. The van der Waals surface area contributed by atoms with Crippen LogP contribution in [0.2, 0.25) is 0 Å². The average molecular weight is 330 g/mol. The minimum absolute atomic E-state index is 0.282. The van der Waals surface area contributed by atoms with Crippen molar-refractivity contribution in [2.75, 3.05) is 5.32 Å². The molecule has 2 aromatic carbocycles. The third-order valence-electron chi connectivity index (χ3n) is 3.16. The number of ketones is 1. The first kappa shape index (κ1) is 17.1. The van der Waals surface area contributed by atoms with Crippen LogP contribution in [-0.2, 0) is 4.84 Å². The zero-order valence-corrected chi connectivity index (χ0v) is 12.8. The lowest BCUT2D eigenvalue weighted by molar-refractivity contribution is 0.0727. The normalized spacial score (nSPS) is 11.9. The second-order valence-corrected chi connectivity index (χ2v) is 4.87. The maximum atomic E-state index is 12.8. The van der Waals surface area contributed by atoms with Crippen LogP contribution in [0.3, 0.4) is 0 Å². The van der Waals surface area contributed by atoms with Crippen molar-refractivity contribution in [2.24, 2.45) is 5.16 Å². The highest BCUT2D eigenvalue weighted by atomic mass is 19.1. The van der Waals surface area contributed by atoms with Gasteiger partial charge in [-0.1, -0.05) is 23.4 Å². The number of carboxylic acid groups (broad SMARTS) is 1. The van der Waals surface area contributed by atoms with Crippen LogP contribution in [0.4, 0.5) is 14.9 Å². The van der Waals surface area contributed by atoms with Crippen LogP contribution < -0.4 is 5.32 Å². The van der Waals surface area contributed by atoms with E-state index in [0.29, 0.717) is 11.3 Å².